The summed E-state index contributed by atoms with van der Waals surface area (Å²) in [4.78, 5) is 84.7. The Morgan fingerprint density at radius 1 is 0.463 bits per heavy atom. The number of H-pyrrole nitrogens is 6. The van der Waals surface area contributed by atoms with Crippen molar-refractivity contribution < 1.29 is 18.0 Å². The van der Waals surface area contributed by atoms with E-state index in [1.165, 1.54) is 17.5 Å². The highest BCUT2D eigenvalue weighted by atomic mass is 32.2. The molecule has 14 aromatic heterocycles. The van der Waals surface area contributed by atoms with Crippen LogP contribution in [0.1, 0.15) is 76.2 Å². The van der Waals surface area contributed by atoms with Gasteiger partial charge in [-0.25, -0.2) is 67.6 Å². The largest absolute Gasteiger partial charge is 0.382 e. The molecular formula is C83H91N33O4S. The minimum absolute atomic E-state index is 0.0227. The molecular weight excluding hydrogens is 1560 g/mol. The van der Waals surface area contributed by atoms with E-state index < -0.39 is 10.0 Å². The average Bonchev–Trinajstić information content (AvgIpc) is 1.48. The molecule has 38 heteroatoms. The van der Waals surface area contributed by atoms with Gasteiger partial charge >= 0.3 is 0 Å². The topological polar surface area (TPSA) is 522 Å². The maximum atomic E-state index is 11.9. The number of hydrogen-bond acceptors (Lipinski definition) is 25. The van der Waals surface area contributed by atoms with Crippen LogP contribution in [0, 0.1) is 6.92 Å². The molecule has 0 radical (unpaired) electrons. The third kappa shape index (κ3) is 17.0. The van der Waals surface area contributed by atoms with Crippen LogP contribution in [0.4, 0.5) is 29.1 Å². The summed E-state index contributed by atoms with van der Waals surface area (Å²) in [7, 11) is 0.428. The lowest BCUT2D eigenvalue weighted by atomic mass is 10.1. The van der Waals surface area contributed by atoms with E-state index in [-0.39, 0.29) is 18.4 Å². The van der Waals surface area contributed by atoms with Crippen LogP contribution in [0.2, 0.25) is 0 Å². The first-order valence-corrected chi connectivity index (χ1v) is 40.8. The van der Waals surface area contributed by atoms with Crippen molar-refractivity contribution in [3.05, 3.63) is 187 Å². The Balaban J connectivity index is 0.000000118. The highest BCUT2D eigenvalue weighted by Crippen LogP contribution is 2.35. The highest BCUT2D eigenvalue weighted by molar-refractivity contribution is 7.88. The Labute approximate surface area is 691 Å². The first-order chi connectivity index (χ1) is 58.3. The molecule has 0 aliphatic rings. The highest BCUT2D eigenvalue weighted by Gasteiger charge is 2.23. The van der Waals surface area contributed by atoms with Crippen LogP contribution in [0.25, 0.3) is 144 Å². The number of rotatable bonds is 19. The Hall–Kier alpha value is -14.9. The number of hydrogen-bond donors (Lipinski definition) is 13. The van der Waals surface area contributed by atoms with Crippen LogP contribution in [0.5, 0.6) is 0 Å². The van der Waals surface area contributed by atoms with Crippen LogP contribution in [0.3, 0.4) is 0 Å². The van der Waals surface area contributed by atoms with Gasteiger partial charge in [-0.3, -0.25) is 19.8 Å². The number of carbonyl (C=O) groups is 2. The van der Waals surface area contributed by atoms with E-state index in [9.17, 15) is 18.0 Å². The number of aromatic amines is 6. The molecule has 5 aromatic carbocycles. The van der Waals surface area contributed by atoms with Gasteiger partial charge in [0.2, 0.25) is 21.8 Å². The molecule has 18 N–H and O–H groups in total. The number of amides is 2. The maximum Gasteiger partial charge on any atom is 0.219 e. The molecule has 0 saturated heterocycles. The SMILES string of the molecule is CC(=O)N(C)Cc1nc2c([nH]1)c(N)nc1cc(-n3cccn3)ccc12.CCN(Cc1nc2c([nH]1)c(N)nc1cc(-n3cccn3)ccc12)S(C)(=O)=O.CCN(Cc1nc2c([nH]1)c(N)nc1cc(C)ccc12)C(C)=O.CCNCc1nc2c(N)nc3cc(-c4ccn[nH]4)ccc3c2n1C.CCNCc1nc2c([nH]1)c(N)nc1cc(-c3ccn[nH]3)ccc12. The fourth-order valence-electron chi connectivity index (χ4n) is 14.2. The predicted octanol–water partition coefficient (Wildman–Crippen LogP) is 10.3. The molecule has 19 aromatic rings. The standard InChI is InChI=1S/C17H19N7O2S.C17H17N7O.C17H19N7.C16H17N7.C16H19N5O/c1-3-23(27(2,25)26)10-14-21-15-12-6-5-11(24-8-4-7-19-24)9-13(12)20-17(18)16(15)22-14;1-10(25)23(2)9-14-21-15-12-5-4-11(24-7-3-6-19-24)8-13(12)20-17(18)16(15)22-14;1-3-19-9-14-22-15-16(24(14)2)11-5-4-10(12-6-7-20-23-12)8-13(11)21-17(15)18;1-2-18-8-13-21-14-10-4-3-9(11-5-6-19-23-11)7-12(10)20-16(17)15(14)22-13;1-4-21(10(3)22)8-13-19-14-11-6-5-9(2)7-12(11)18-16(17)15(14)20-13/h4-9H,3,10H2,1-2H3,(H2,18,20)(H,21,22);3-8H,9H2,1-2H3,(H2,18,20)(H,21,22);4-8,19H,3,9H2,1-2H3,(H2,18,21)(H,20,23);3-7,18H,2,8H2,1H3,(H2,17,20)(H,19,23)(H,21,22);5-7H,4,8H2,1-3H3,(H2,17,18)(H,19,20). The lowest BCUT2D eigenvalue weighted by molar-refractivity contribution is -0.129. The minimum atomic E-state index is -3.32. The van der Waals surface area contributed by atoms with Crippen LogP contribution in [-0.4, -0.2) is 188 Å². The Morgan fingerprint density at radius 2 is 0.893 bits per heavy atom. The quantitative estimate of drug-likeness (QED) is 0.0358. The summed E-state index contributed by atoms with van der Waals surface area (Å²) in [6.07, 6.45) is 11.8. The van der Waals surface area contributed by atoms with Crippen molar-refractivity contribution in [2.75, 3.05) is 68.2 Å². The third-order valence-electron chi connectivity index (χ3n) is 20.5. The zero-order valence-corrected chi connectivity index (χ0v) is 69.0. The van der Waals surface area contributed by atoms with E-state index in [2.05, 4.69) is 142 Å². The Morgan fingerprint density at radius 3 is 1.34 bits per heavy atom. The van der Waals surface area contributed by atoms with Gasteiger partial charge in [0, 0.05) is 116 Å². The second-order valence-corrected chi connectivity index (χ2v) is 30.8. The van der Waals surface area contributed by atoms with E-state index in [1.807, 2.05) is 136 Å². The molecule has 14 heterocycles. The molecule has 0 fully saturated rings. The first-order valence-electron chi connectivity index (χ1n) is 39.0. The number of fused-ring (bicyclic) bond motifs is 15. The summed E-state index contributed by atoms with van der Waals surface area (Å²) in [5.74, 6) is 5.76. The van der Waals surface area contributed by atoms with Crippen molar-refractivity contribution in [2.24, 2.45) is 7.05 Å². The Kier molecular flexibility index (Phi) is 23.1. The molecule has 618 valence electrons. The van der Waals surface area contributed by atoms with Crippen molar-refractivity contribution in [3.8, 4) is 33.9 Å². The van der Waals surface area contributed by atoms with Gasteiger partial charge in [0.25, 0.3) is 0 Å². The molecule has 121 heavy (non-hydrogen) atoms. The van der Waals surface area contributed by atoms with Gasteiger partial charge in [0.1, 0.15) is 102 Å². The summed E-state index contributed by atoms with van der Waals surface area (Å²) in [6.45, 7) is 18.1. The third-order valence-corrected chi connectivity index (χ3v) is 21.9. The van der Waals surface area contributed by atoms with Crippen molar-refractivity contribution in [2.45, 2.75) is 81.2 Å². The number of nitrogens with two attached hydrogens (primary N) is 5. The van der Waals surface area contributed by atoms with Gasteiger partial charge in [-0.05, 0) is 123 Å². The van der Waals surface area contributed by atoms with Gasteiger partial charge < -0.3 is 73.6 Å². The van der Waals surface area contributed by atoms with Crippen molar-refractivity contribution >= 4 is 161 Å². The molecule has 19 rings (SSSR count). The number of imidazole rings is 5. The molecule has 0 spiro atoms. The molecule has 0 saturated carbocycles. The molecule has 0 aliphatic heterocycles. The average molecular weight is 1650 g/mol. The molecule has 2 amide bonds. The van der Waals surface area contributed by atoms with E-state index in [0.717, 1.165) is 152 Å². The summed E-state index contributed by atoms with van der Waals surface area (Å²) in [5, 5.41) is 33.6. The molecule has 0 aliphatic carbocycles. The Bertz CT molecular complexity index is 7130. The lowest BCUT2D eigenvalue weighted by Crippen LogP contribution is -2.29. The van der Waals surface area contributed by atoms with Crippen LogP contribution >= 0.6 is 0 Å². The number of benzene rings is 5. The van der Waals surface area contributed by atoms with Crippen LogP contribution in [-0.2, 0) is 59.4 Å². The van der Waals surface area contributed by atoms with Crippen LogP contribution in [0.15, 0.2) is 152 Å². The molecule has 0 unspecified atom stereocenters. The monoisotopic (exact) mass is 1650 g/mol. The zero-order chi connectivity index (χ0) is 85.1. The second kappa shape index (κ2) is 34.4. The van der Waals surface area contributed by atoms with Gasteiger partial charge in [0.15, 0.2) is 5.82 Å². The van der Waals surface area contributed by atoms with Gasteiger partial charge in [-0.2, -0.15) is 24.7 Å². The fraction of sp³-hybridized carbons (Fsp3) is 0.229. The number of nitrogen functional groups attached to an aromatic ring is 5. The minimum Gasteiger partial charge on any atom is -0.382 e. The predicted molar refractivity (Wildman–Crippen MR) is 472 cm³/mol. The summed E-state index contributed by atoms with van der Waals surface area (Å²) in [5.41, 5.74) is 49.0. The van der Waals surface area contributed by atoms with Crippen molar-refractivity contribution in [3.63, 3.8) is 0 Å². The maximum absolute atomic E-state index is 11.9. The fourth-order valence-corrected chi connectivity index (χ4v) is 15.0. The van der Waals surface area contributed by atoms with E-state index in [4.69, 9.17) is 28.7 Å². The van der Waals surface area contributed by atoms with E-state index in [0.29, 0.717) is 108 Å². The van der Waals surface area contributed by atoms with Gasteiger partial charge in [-0.1, -0.05) is 45.0 Å². The number of aryl methyl sites for hydroxylation is 2. The van der Waals surface area contributed by atoms with E-state index >= 15 is 0 Å². The van der Waals surface area contributed by atoms with Crippen molar-refractivity contribution in [1.82, 2.24) is 139 Å². The van der Waals surface area contributed by atoms with Gasteiger partial charge in [-0.15, -0.1) is 0 Å². The number of nitrogens with zero attached hydrogens (tertiary/aromatic N) is 20. The smallest absolute Gasteiger partial charge is 0.219 e. The molecule has 0 atom stereocenters. The van der Waals surface area contributed by atoms with Crippen molar-refractivity contribution in [1.29, 1.82) is 0 Å². The number of carbonyl (C=O) groups excluding carboxylic acids is 2. The summed E-state index contributed by atoms with van der Waals surface area (Å²) >= 11 is 0. The number of sulfonamides is 1. The van der Waals surface area contributed by atoms with Crippen LogP contribution < -0.4 is 39.3 Å². The number of nitrogens with one attached hydrogen (secondary N) is 8. The molecule has 37 nitrogen and oxygen atoms in total. The first kappa shape index (κ1) is 81.3. The summed E-state index contributed by atoms with van der Waals surface area (Å²) < 4.78 is 30.6. The zero-order valence-electron chi connectivity index (χ0n) is 68.2. The van der Waals surface area contributed by atoms with E-state index in [1.54, 1.807) is 64.8 Å². The number of aromatic nitrogens is 23. The number of pyridine rings is 5. The second-order valence-electron chi connectivity index (χ2n) is 28.8. The summed E-state index contributed by atoms with van der Waals surface area (Å²) in [6, 6.07) is 37.4. The van der Waals surface area contributed by atoms with Gasteiger partial charge in [0.05, 0.1) is 94.8 Å². The normalized spacial score (nSPS) is 11.6. The molecule has 0 bridgehead atoms. The lowest BCUT2D eigenvalue weighted by Gasteiger charge is -2.16. The number of anilines is 5.